The number of guanidine groups is 1. The zero-order chi connectivity index (χ0) is 20.5. The van der Waals surface area contributed by atoms with Gasteiger partial charge in [-0.2, -0.15) is 0 Å². The molecular weight excluding hydrogens is 489 g/mol. The Morgan fingerprint density at radius 2 is 1.70 bits per heavy atom. The van der Waals surface area contributed by atoms with Crippen LogP contribution in [0.15, 0.2) is 53.7 Å². The molecule has 3 rings (SSSR count). The number of hydrogen-bond acceptors (Lipinski definition) is 4. The van der Waals surface area contributed by atoms with E-state index in [9.17, 15) is 0 Å². The summed E-state index contributed by atoms with van der Waals surface area (Å²) in [5.41, 5.74) is 3.37. The number of nitrogens with one attached hydrogen (secondary N) is 2. The second-order valence-corrected chi connectivity index (χ2v) is 6.87. The van der Waals surface area contributed by atoms with Crippen molar-refractivity contribution < 1.29 is 0 Å². The average molecular weight is 521 g/mol. The maximum atomic E-state index is 4.71. The number of benzene rings is 1. The van der Waals surface area contributed by atoms with Crippen molar-refractivity contribution in [3.05, 3.63) is 65.6 Å². The summed E-state index contributed by atoms with van der Waals surface area (Å²) >= 11 is 0. The van der Waals surface area contributed by atoms with Gasteiger partial charge in [0.1, 0.15) is 0 Å². The highest BCUT2D eigenvalue weighted by Gasteiger charge is 2.06. The normalized spacial score (nSPS) is 11.5. The number of rotatable bonds is 9. The Bertz CT molecular complexity index is 917. The molecule has 2 heterocycles. The number of aromatic nitrogens is 3. The molecule has 30 heavy (non-hydrogen) atoms. The zero-order valence-corrected chi connectivity index (χ0v) is 20.3. The molecule has 0 atom stereocenters. The van der Waals surface area contributed by atoms with E-state index in [1.165, 1.54) is 11.1 Å². The number of pyridine rings is 1. The molecule has 0 spiro atoms. The van der Waals surface area contributed by atoms with Gasteiger partial charge in [0.15, 0.2) is 17.4 Å². The van der Waals surface area contributed by atoms with Gasteiger partial charge in [-0.15, -0.1) is 34.2 Å². The summed E-state index contributed by atoms with van der Waals surface area (Å²) in [5, 5.41) is 15.1. The third-order valence-corrected chi connectivity index (χ3v) is 4.89. The molecule has 0 radical (unpaired) electrons. The van der Waals surface area contributed by atoms with Gasteiger partial charge in [0, 0.05) is 19.3 Å². The van der Waals surface area contributed by atoms with E-state index in [-0.39, 0.29) is 24.0 Å². The molecule has 0 aliphatic rings. The molecule has 2 aromatic heterocycles. The van der Waals surface area contributed by atoms with Crippen LogP contribution in [-0.4, -0.2) is 45.1 Å². The van der Waals surface area contributed by atoms with Crippen LogP contribution in [0.1, 0.15) is 37.7 Å². The highest BCUT2D eigenvalue weighted by molar-refractivity contribution is 14.0. The Balaban J connectivity index is 0.00000320. The number of halogens is 1. The van der Waals surface area contributed by atoms with Crippen LogP contribution in [0.3, 0.4) is 0 Å². The molecule has 3 aromatic rings. The lowest BCUT2D eigenvalue weighted by molar-refractivity contribution is 0.296. The van der Waals surface area contributed by atoms with Gasteiger partial charge in [0.2, 0.25) is 0 Å². The molecule has 0 saturated carbocycles. The molecule has 162 valence electrons. The first kappa shape index (κ1) is 24.1. The van der Waals surface area contributed by atoms with Crippen molar-refractivity contribution in [2.75, 3.05) is 19.6 Å². The zero-order valence-electron chi connectivity index (χ0n) is 18.0. The fourth-order valence-corrected chi connectivity index (χ4v) is 3.14. The summed E-state index contributed by atoms with van der Waals surface area (Å²) in [6, 6.07) is 14.6. The lowest BCUT2D eigenvalue weighted by Gasteiger charge is -2.18. The first-order chi connectivity index (χ1) is 14.2. The van der Waals surface area contributed by atoms with Crippen molar-refractivity contribution >= 4 is 35.6 Å². The SMILES string of the molecule is CCNC(=NCc1ccc(CN(CC)CC)cc1)NCc1nnc2ccccn12.I. The lowest BCUT2D eigenvalue weighted by Crippen LogP contribution is -2.37. The van der Waals surface area contributed by atoms with Gasteiger partial charge in [-0.3, -0.25) is 9.30 Å². The van der Waals surface area contributed by atoms with E-state index in [2.05, 4.69) is 70.8 Å². The molecule has 2 N–H and O–H groups in total. The first-order valence-corrected chi connectivity index (χ1v) is 10.3. The number of fused-ring (bicyclic) bond motifs is 1. The molecule has 0 bridgehead atoms. The molecular formula is C22H32IN7. The minimum atomic E-state index is 0. The second kappa shape index (κ2) is 12.5. The fraction of sp³-hybridized carbons (Fsp3) is 0.409. The Kier molecular flexibility index (Phi) is 10.0. The molecule has 0 amide bonds. The van der Waals surface area contributed by atoms with E-state index in [0.717, 1.165) is 43.6 Å². The van der Waals surface area contributed by atoms with Gasteiger partial charge in [-0.25, -0.2) is 4.99 Å². The van der Waals surface area contributed by atoms with Crippen LogP contribution in [0, 0.1) is 0 Å². The Morgan fingerprint density at radius 1 is 0.967 bits per heavy atom. The molecule has 0 aliphatic carbocycles. The predicted octanol–water partition coefficient (Wildman–Crippen LogP) is 3.44. The van der Waals surface area contributed by atoms with E-state index >= 15 is 0 Å². The predicted molar refractivity (Wildman–Crippen MR) is 133 cm³/mol. The quantitative estimate of drug-likeness (QED) is 0.257. The molecule has 7 nitrogen and oxygen atoms in total. The van der Waals surface area contributed by atoms with Crippen LogP contribution >= 0.6 is 24.0 Å². The van der Waals surface area contributed by atoms with Crippen LogP contribution in [0.25, 0.3) is 5.65 Å². The third-order valence-electron chi connectivity index (χ3n) is 4.89. The van der Waals surface area contributed by atoms with Crippen molar-refractivity contribution in [1.82, 2.24) is 30.1 Å². The molecule has 0 aliphatic heterocycles. The average Bonchev–Trinajstić information content (AvgIpc) is 3.18. The summed E-state index contributed by atoms with van der Waals surface area (Å²) in [4.78, 5) is 7.12. The van der Waals surface area contributed by atoms with E-state index in [4.69, 9.17) is 4.99 Å². The minimum Gasteiger partial charge on any atom is -0.357 e. The first-order valence-electron chi connectivity index (χ1n) is 10.3. The molecule has 0 unspecified atom stereocenters. The van der Waals surface area contributed by atoms with E-state index in [1.807, 2.05) is 28.8 Å². The van der Waals surface area contributed by atoms with Gasteiger partial charge < -0.3 is 10.6 Å². The van der Waals surface area contributed by atoms with E-state index < -0.39 is 0 Å². The topological polar surface area (TPSA) is 69.8 Å². The van der Waals surface area contributed by atoms with Crippen LogP contribution in [0.5, 0.6) is 0 Å². The standard InChI is InChI=1S/C22H31N7.HI/c1-4-23-22(25-16-21-27-26-20-9-7-8-14-29(20)21)24-15-18-10-12-19(13-11-18)17-28(5-2)6-3;/h7-14H,4-6,15-17H2,1-3H3,(H2,23,24,25);1H. The summed E-state index contributed by atoms with van der Waals surface area (Å²) < 4.78 is 1.98. The molecule has 0 fully saturated rings. The van der Waals surface area contributed by atoms with Gasteiger partial charge in [-0.05, 0) is 43.3 Å². The number of hydrogen-bond donors (Lipinski definition) is 2. The Morgan fingerprint density at radius 3 is 2.40 bits per heavy atom. The Hall–Kier alpha value is -2.20. The molecule has 8 heteroatoms. The second-order valence-electron chi connectivity index (χ2n) is 6.87. The molecule has 0 saturated heterocycles. The van der Waals surface area contributed by atoms with Gasteiger partial charge >= 0.3 is 0 Å². The maximum Gasteiger partial charge on any atom is 0.191 e. The lowest BCUT2D eigenvalue weighted by atomic mass is 10.1. The van der Waals surface area contributed by atoms with Crippen molar-refractivity contribution in [3.63, 3.8) is 0 Å². The van der Waals surface area contributed by atoms with Crippen molar-refractivity contribution in [2.45, 2.75) is 40.4 Å². The summed E-state index contributed by atoms with van der Waals surface area (Å²) in [6.07, 6.45) is 1.97. The molecule has 1 aromatic carbocycles. The van der Waals surface area contributed by atoms with Crippen LogP contribution in [0.2, 0.25) is 0 Å². The largest absolute Gasteiger partial charge is 0.357 e. The van der Waals surface area contributed by atoms with Crippen molar-refractivity contribution in [3.8, 4) is 0 Å². The van der Waals surface area contributed by atoms with E-state index in [0.29, 0.717) is 13.1 Å². The van der Waals surface area contributed by atoms with Crippen LogP contribution < -0.4 is 10.6 Å². The van der Waals surface area contributed by atoms with Gasteiger partial charge in [-0.1, -0.05) is 44.2 Å². The Labute approximate surface area is 196 Å². The summed E-state index contributed by atoms with van der Waals surface area (Å²) in [7, 11) is 0. The van der Waals surface area contributed by atoms with Crippen LogP contribution in [-0.2, 0) is 19.6 Å². The maximum absolute atomic E-state index is 4.71. The van der Waals surface area contributed by atoms with Crippen molar-refractivity contribution in [2.24, 2.45) is 4.99 Å². The summed E-state index contributed by atoms with van der Waals surface area (Å²) in [6.45, 7) is 11.6. The third kappa shape index (κ3) is 6.66. The van der Waals surface area contributed by atoms with Gasteiger partial charge in [0.05, 0.1) is 13.1 Å². The van der Waals surface area contributed by atoms with Crippen molar-refractivity contribution in [1.29, 1.82) is 0 Å². The number of nitrogens with zero attached hydrogens (tertiary/aromatic N) is 5. The monoisotopic (exact) mass is 521 g/mol. The number of aliphatic imine (C=N–C) groups is 1. The highest BCUT2D eigenvalue weighted by Crippen LogP contribution is 2.09. The highest BCUT2D eigenvalue weighted by atomic mass is 127. The minimum absolute atomic E-state index is 0. The fourth-order valence-electron chi connectivity index (χ4n) is 3.14. The van der Waals surface area contributed by atoms with Gasteiger partial charge in [0.25, 0.3) is 0 Å². The smallest absolute Gasteiger partial charge is 0.191 e. The summed E-state index contributed by atoms with van der Waals surface area (Å²) in [5.74, 6) is 1.62. The van der Waals surface area contributed by atoms with E-state index in [1.54, 1.807) is 0 Å². The van der Waals surface area contributed by atoms with Crippen LogP contribution in [0.4, 0.5) is 0 Å².